The summed E-state index contributed by atoms with van der Waals surface area (Å²) < 4.78 is 5.92. The fourth-order valence-electron chi connectivity index (χ4n) is 1.19. The van der Waals surface area contributed by atoms with E-state index in [2.05, 4.69) is 15.9 Å². The SMILES string of the molecule is CC(C)(C)OC(=O)N(O)Cc1cccc(Br)c1. The van der Waals surface area contributed by atoms with Gasteiger partial charge >= 0.3 is 6.09 Å². The van der Waals surface area contributed by atoms with E-state index in [9.17, 15) is 10.0 Å². The highest BCUT2D eigenvalue weighted by molar-refractivity contribution is 9.10. The van der Waals surface area contributed by atoms with Gasteiger partial charge in [0.15, 0.2) is 0 Å². The zero-order valence-electron chi connectivity index (χ0n) is 10.1. The molecule has 4 nitrogen and oxygen atoms in total. The van der Waals surface area contributed by atoms with Gasteiger partial charge in [-0.15, -0.1) is 0 Å². The van der Waals surface area contributed by atoms with E-state index in [4.69, 9.17) is 4.74 Å². The van der Waals surface area contributed by atoms with Gasteiger partial charge in [0.25, 0.3) is 0 Å². The van der Waals surface area contributed by atoms with E-state index in [0.717, 1.165) is 10.0 Å². The summed E-state index contributed by atoms with van der Waals surface area (Å²) in [6, 6.07) is 7.35. The van der Waals surface area contributed by atoms with Gasteiger partial charge in [-0.25, -0.2) is 4.79 Å². The number of hydrogen-bond acceptors (Lipinski definition) is 3. The number of ether oxygens (including phenoxy) is 1. The van der Waals surface area contributed by atoms with E-state index in [1.807, 2.05) is 24.3 Å². The molecule has 1 amide bonds. The molecule has 0 unspecified atom stereocenters. The van der Waals surface area contributed by atoms with Gasteiger partial charge < -0.3 is 4.74 Å². The molecule has 0 saturated carbocycles. The maximum atomic E-state index is 11.5. The van der Waals surface area contributed by atoms with Gasteiger partial charge in [-0.3, -0.25) is 5.21 Å². The third-order valence-corrected chi connectivity index (χ3v) is 2.32. The van der Waals surface area contributed by atoms with Crippen molar-refractivity contribution < 1.29 is 14.7 Å². The quantitative estimate of drug-likeness (QED) is 0.671. The van der Waals surface area contributed by atoms with E-state index < -0.39 is 11.7 Å². The van der Waals surface area contributed by atoms with Crippen molar-refractivity contribution in [1.82, 2.24) is 5.06 Å². The van der Waals surface area contributed by atoms with Crippen LogP contribution in [0.1, 0.15) is 26.3 Å². The van der Waals surface area contributed by atoms with Crippen molar-refractivity contribution in [3.8, 4) is 0 Å². The van der Waals surface area contributed by atoms with Crippen LogP contribution in [0.2, 0.25) is 0 Å². The van der Waals surface area contributed by atoms with Crippen molar-refractivity contribution in [2.75, 3.05) is 0 Å². The third kappa shape index (κ3) is 5.19. The van der Waals surface area contributed by atoms with Crippen molar-refractivity contribution >= 4 is 22.0 Å². The van der Waals surface area contributed by atoms with Crippen LogP contribution in [0, 0.1) is 0 Å². The molecule has 1 rings (SSSR count). The maximum absolute atomic E-state index is 11.5. The normalized spacial score (nSPS) is 11.1. The number of rotatable bonds is 2. The van der Waals surface area contributed by atoms with Gasteiger partial charge in [0.1, 0.15) is 5.60 Å². The molecule has 0 spiro atoms. The molecule has 1 N–H and O–H groups in total. The second-order valence-corrected chi connectivity index (χ2v) is 5.58. The zero-order valence-corrected chi connectivity index (χ0v) is 11.7. The Balaban J connectivity index is 2.60. The van der Waals surface area contributed by atoms with Crippen molar-refractivity contribution in [3.63, 3.8) is 0 Å². The number of carbonyl (C=O) groups is 1. The zero-order chi connectivity index (χ0) is 13.1. The van der Waals surface area contributed by atoms with Gasteiger partial charge in [0.05, 0.1) is 6.54 Å². The highest BCUT2D eigenvalue weighted by Gasteiger charge is 2.20. The maximum Gasteiger partial charge on any atom is 0.434 e. The number of halogens is 1. The highest BCUT2D eigenvalue weighted by atomic mass is 79.9. The third-order valence-electron chi connectivity index (χ3n) is 1.83. The first-order valence-corrected chi connectivity index (χ1v) is 6.01. The van der Waals surface area contributed by atoms with E-state index in [1.54, 1.807) is 20.8 Å². The second kappa shape index (κ2) is 5.51. The lowest BCUT2D eigenvalue weighted by molar-refractivity contribution is -0.0998. The molecule has 5 heteroatoms. The number of amides is 1. The van der Waals surface area contributed by atoms with Crippen molar-refractivity contribution in [2.24, 2.45) is 0 Å². The van der Waals surface area contributed by atoms with Crippen LogP contribution in [-0.2, 0) is 11.3 Å². The molecular formula is C12H16BrNO3. The summed E-state index contributed by atoms with van der Waals surface area (Å²) in [5.74, 6) is 0. The predicted molar refractivity (Wildman–Crippen MR) is 67.7 cm³/mol. The standard InChI is InChI=1S/C12H16BrNO3/c1-12(2,3)17-11(15)14(16)8-9-5-4-6-10(13)7-9/h4-7,16H,8H2,1-3H3. The summed E-state index contributed by atoms with van der Waals surface area (Å²) in [7, 11) is 0. The Morgan fingerprint density at radius 1 is 1.47 bits per heavy atom. The molecule has 0 radical (unpaired) electrons. The first-order chi connectivity index (χ1) is 7.78. The second-order valence-electron chi connectivity index (χ2n) is 4.67. The lowest BCUT2D eigenvalue weighted by atomic mass is 10.2. The van der Waals surface area contributed by atoms with Gasteiger partial charge in [0, 0.05) is 4.47 Å². The van der Waals surface area contributed by atoms with Crippen molar-refractivity contribution in [2.45, 2.75) is 32.9 Å². The molecule has 0 saturated heterocycles. The molecule has 0 aromatic heterocycles. The van der Waals surface area contributed by atoms with Crippen LogP contribution in [0.5, 0.6) is 0 Å². The van der Waals surface area contributed by atoms with E-state index >= 15 is 0 Å². The number of carbonyl (C=O) groups excluding carboxylic acids is 1. The smallest absolute Gasteiger partial charge is 0.434 e. The minimum absolute atomic E-state index is 0.0916. The molecule has 0 atom stereocenters. The Morgan fingerprint density at radius 2 is 2.12 bits per heavy atom. The fourth-order valence-corrected chi connectivity index (χ4v) is 1.63. The predicted octanol–water partition coefficient (Wildman–Crippen LogP) is 3.58. The van der Waals surface area contributed by atoms with Gasteiger partial charge in [-0.05, 0) is 38.5 Å². The average Bonchev–Trinajstić information content (AvgIpc) is 2.14. The van der Waals surface area contributed by atoms with E-state index in [-0.39, 0.29) is 6.54 Å². The first-order valence-electron chi connectivity index (χ1n) is 5.22. The average molecular weight is 302 g/mol. The summed E-state index contributed by atoms with van der Waals surface area (Å²) in [6.07, 6.45) is -0.752. The number of benzene rings is 1. The van der Waals surface area contributed by atoms with Crippen LogP contribution in [0.25, 0.3) is 0 Å². The summed E-state index contributed by atoms with van der Waals surface area (Å²) >= 11 is 3.32. The molecule has 17 heavy (non-hydrogen) atoms. The van der Waals surface area contributed by atoms with Crippen LogP contribution < -0.4 is 0 Å². The lowest BCUT2D eigenvalue weighted by Gasteiger charge is -2.23. The van der Waals surface area contributed by atoms with Crippen molar-refractivity contribution in [3.05, 3.63) is 34.3 Å². The molecular weight excluding hydrogens is 286 g/mol. The summed E-state index contributed by atoms with van der Waals surface area (Å²) in [6.45, 7) is 5.34. The van der Waals surface area contributed by atoms with Crippen LogP contribution in [0.3, 0.4) is 0 Å². The highest BCUT2D eigenvalue weighted by Crippen LogP contribution is 2.14. The molecule has 0 bridgehead atoms. The minimum Gasteiger partial charge on any atom is -0.442 e. The van der Waals surface area contributed by atoms with Crippen LogP contribution >= 0.6 is 15.9 Å². The van der Waals surface area contributed by atoms with Gasteiger partial charge in [-0.2, -0.15) is 5.06 Å². The molecule has 1 aromatic carbocycles. The molecule has 0 aliphatic heterocycles. The Hall–Kier alpha value is -1.07. The monoisotopic (exact) mass is 301 g/mol. The van der Waals surface area contributed by atoms with Crippen LogP contribution in [0.15, 0.2) is 28.7 Å². The van der Waals surface area contributed by atoms with Crippen molar-refractivity contribution in [1.29, 1.82) is 0 Å². The lowest BCUT2D eigenvalue weighted by Crippen LogP contribution is -2.34. The van der Waals surface area contributed by atoms with Gasteiger partial charge in [-0.1, -0.05) is 28.1 Å². The number of nitrogens with zero attached hydrogens (tertiary/aromatic N) is 1. The molecule has 94 valence electrons. The topological polar surface area (TPSA) is 49.8 Å². The Labute approximate surface area is 109 Å². The number of hydrogen-bond donors (Lipinski definition) is 1. The summed E-state index contributed by atoms with van der Waals surface area (Å²) in [5, 5.41) is 10.1. The van der Waals surface area contributed by atoms with Crippen LogP contribution in [0.4, 0.5) is 4.79 Å². The fraction of sp³-hybridized carbons (Fsp3) is 0.417. The molecule has 0 aliphatic carbocycles. The largest absolute Gasteiger partial charge is 0.442 e. The van der Waals surface area contributed by atoms with E-state index in [1.165, 1.54) is 0 Å². The molecule has 0 aliphatic rings. The van der Waals surface area contributed by atoms with Crippen LogP contribution in [-0.4, -0.2) is 22.0 Å². The van der Waals surface area contributed by atoms with Gasteiger partial charge in [0.2, 0.25) is 0 Å². The molecule has 0 heterocycles. The Morgan fingerprint density at radius 3 is 2.65 bits per heavy atom. The number of hydroxylamine groups is 2. The summed E-state index contributed by atoms with van der Waals surface area (Å²) in [5.41, 5.74) is 0.197. The Bertz CT molecular complexity index is 401. The molecule has 0 fully saturated rings. The molecule has 1 aromatic rings. The first kappa shape index (κ1) is 14.0. The minimum atomic E-state index is -0.752. The van der Waals surface area contributed by atoms with E-state index in [0.29, 0.717) is 5.06 Å². The Kier molecular flexibility index (Phi) is 4.54. The summed E-state index contributed by atoms with van der Waals surface area (Å²) in [4.78, 5) is 11.5.